The highest BCUT2D eigenvalue weighted by Gasteiger charge is 2.19. The van der Waals surface area contributed by atoms with E-state index >= 15 is 0 Å². The number of hydrogen-bond donors (Lipinski definition) is 1. The molecule has 25 heavy (non-hydrogen) atoms. The normalized spacial score (nSPS) is 15.4. The van der Waals surface area contributed by atoms with Crippen LogP contribution in [0.4, 0.5) is 0 Å². The first-order chi connectivity index (χ1) is 11.9. The third-order valence-corrected chi connectivity index (χ3v) is 4.59. The minimum atomic E-state index is -0.274. The molecule has 1 aromatic carbocycles. The Hall–Kier alpha value is -2.54. The number of aryl methyl sites for hydroxylation is 2. The Balaban J connectivity index is 1.64. The second-order valence-corrected chi connectivity index (χ2v) is 6.46. The Bertz CT molecular complexity index is 812. The van der Waals surface area contributed by atoms with Crippen LogP contribution < -0.4 is 5.32 Å². The van der Waals surface area contributed by atoms with E-state index in [4.69, 9.17) is 0 Å². The maximum Gasteiger partial charge on any atom is 0.251 e. The second kappa shape index (κ2) is 7.14. The fourth-order valence-electron chi connectivity index (χ4n) is 2.80. The monoisotopic (exact) mass is 341 g/mol. The maximum atomic E-state index is 12.3. The smallest absolute Gasteiger partial charge is 0.251 e. The molecule has 2 amide bonds. The minimum Gasteiger partial charge on any atom is -0.343 e. The molecule has 0 spiro atoms. The average molecular weight is 341 g/mol. The standard InChI is InChI=1S/C18H23N5O2/c1-12-13(2)21-16-10-14(4-5-15(16)20-12)18(25)19-11-17(24)23-8-6-22(3)7-9-23/h4-5,10H,6-9,11H2,1-3H3,(H,19,25). The molecule has 1 saturated heterocycles. The molecular formula is C18H23N5O2. The fourth-order valence-corrected chi connectivity index (χ4v) is 2.80. The van der Waals surface area contributed by atoms with E-state index in [-0.39, 0.29) is 18.4 Å². The first-order valence-electron chi connectivity index (χ1n) is 8.43. The lowest BCUT2D eigenvalue weighted by Gasteiger charge is -2.32. The van der Waals surface area contributed by atoms with Crippen LogP contribution in [0.25, 0.3) is 11.0 Å². The first kappa shape index (κ1) is 17.3. The van der Waals surface area contributed by atoms with E-state index in [0.717, 1.165) is 30.0 Å². The van der Waals surface area contributed by atoms with Crippen molar-refractivity contribution in [1.82, 2.24) is 25.1 Å². The molecule has 1 fully saturated rings. The van der Waals surface area contributed by atoms with Gasteiger partial charge in [-0.3, -0.25) is 9.59 Å². The van der Waals surface area contributed by atoms with Crippen LogP contribution in [-0.4, -0.2) is 71.4 Å². The van der Waals surface area contributed by atoms with E-state index in [9.17, 15) is 9.59 Å². The van der Waals surface area contributed by atoms with Crippen molar-refractivity contribution in [3.8, 4) is 0 Å². The number of benzene rings is 1. The zero-order valence-corrected chi connectivity index (χ0v) is 14.9. The predicted molar refractivity (Wildman–Crippen MR) is 95.4 cm³/mol. The summed E-state index contributed by atoms with van der Waals surface area (Å²) in [5.41, 5.74) is 3.64. The number of carbonyl (C=O) groups is 2. The van der Waals surface area contributed by atoms with Crippen molar-refractivity contribution in [3.63, 3.8) is 0 Å². The Morgan fingerprint density at radius 1 is 1.04 bits per heavy atom. The van der Waals surface area contributed by atoms with E-state index in [2.05, 4.69) is 20.2 Å². The third kappa shape index (κ3) is 3.93. The summed E-state index contributed by atoms with van der Waals surface area (Å²) in [6.45, 7) is 6.95. The van der Waals surface area contributed by atoms with Crippen LogP contribution in [0.5, 0.6) is 0 Å². The van der Waals surface area contributed by atoms with Gasteiger partial charge in [-0.05, 0) is 39.1 Å². The van der Waals surface area contributed by atoms with Crippen molar-refractivity contribution in [3.05, 3.63) is 35.2 Å². The van der Waals surface area contributed by atoms with Gasteiger partial charge in [-0.2, -0.15) is 0 Å². The summed E-state index contributed by atoms with van der Waals surface area (Å²) in [5, 5.41) is 2.71. The first-order valence-corrected chi connectivity index (χ1v) is 8.43. The van der Waals surface area contributed by atoms with Crippen molar-refractivity contribution in [2.45, 2.75) is 13.8 Å². The molecule has 1 aromatic heterocycles. The van der Waals surface area contributed by atoms with Gasteiger partial charge >= 0.3 is 0 Å². The quantitative estimate of drug-likeness (QED) is 0.891. The van der Waals surface area contributed by atoms with Crippen molar-refractivity contribution < 1.29 is 9.59 Å². The highest BCUT2D eigenvalue weighted by molar-refractivity contribution is 5.98. The van der Waals surface area contributed by atoms with Crippen molar-refractivity contribution in [1.29, 1.82) is 0 Å². The molecule has 132 valence electrons. The van der Waals surface area contributed by atoms with Crippen LogP contribution in [0.2, 0.25) is 0 Å². The Morgan fingerprint density at radius 2 is 1.68 bits per heavy atom. The van der Waals surface area contributed by atoms with E-state index in [0.29, 0.717) is 24.2 Å². The summed E-state index contributed by atoms with van der Waals surface area (Å²) in [5.74, 6) is -0.321. The molecule has 7 nitrogen and oxygen atoms in total. The lowest BCUT2D eigenvalue weighted by molar-refractivity contribution is -0.131. The van der Waals surface area contributed by atoms with Crippen LogP contribution in [-0.2, 0) is 4.79 Å². The highest BCUT2D eigenvalue weighted by atomic mass is 16.2. The molecule has 0 bridgehead atoms. The van der Waals surface area contributed by atoms with Gasteiger partial charge in [0.1, 0.15) is 0 Å². The average Bonchev–Trinajstić information content (AvgIpc) is 2.60. The van der Waals surface area contributed by atoms with Gasteiger partial charge in [-0.1, -0.05) is 0 Å². The summed E-state index contributed by atoms with van der Waals surface area (Å²) >= 11 is 0. The molecule has 3 rings (SSSR count). The number of piperazine rings is 1. The summed E-state index contributed by atoms with van der Waals surface area (Å²) in [4.78, 5) is 37.4. The van der Waals surface area contributed by atoms with Crippen molar-refractivity contribution >= 4 is 22.8 Å². The molecule has 7 heteroatoms. The molecule has 2 heterocycles. The molecule has 0 unspecified atom stereocenters. The van der Waals surface area contributed by atoms with Gasteiger partial charge in [-0.15, -0.1) is 0 Å². The maximum absolute atomic E-state index is 12.3. The molecule has 1 aliphatic rings. The Kier molecular flexibility index (Phi) is 4.94. The molecule has 1 aliphatic heterocycles. The van der Waals surface area contributed by atoms with E-state index < -0.39 is 0 Å². The van der Waals surface area contributed by atoms with E-state index in [1.165, 1.54) is 0 Å². The molecule has 0 saturated carbocycles. The van der Waals surface area contributed by atoms with Crippen LogP contribution >= 0.6 is 0 Å². The predicted octanol–water partition coefficient (Wildman–Crippen LogP) is 0.750. The number of nitrogens with zero attached hydrogens (tertiary/aromatic N) is 4. The second-order valence-electron chi connectivity index (χ2n) is 6.46. The molecule has 0 atom stereocenters. The third-order valence-electron chi connectivity index (χ3n) is 4.59. The van der Waals surface area contributed by atoms with Gasteiger partial charge in [0.05, 0.1) is 29.0 Å². The topological polar surface area (TPSA) is 78.4 Å². The molecule has 2 aromatic rings. The number of rotatable bonds is 3. The number of likely N-dealkylation sites (N-methyl/N-ethyl adjacent to an activating group) is 1. The molecular weight excluding hydrogens is 318 g/mol. The zero-order chi connectivity index (χ0) is 18.0. The van der Waals surface area contributed by atoms with Crippen LogP contribution in [0.3, 0.4) is 0 Å². The van der Waals surface area contributed by atoms with Crippen LogP contribution in [0.1, 0.15) is 21.7 Å². The van der Waals surface area contributed by atoms with Crippen LogP contribution in [0.15, 0.2) is 18.2 Å². The van der Waals surface area contributed by atoms with Gasteiger partial charge in [0.2, 0.25) is 5.91 Å². The molecule has 0 aliphatic carbocycles. The number of aromatic nitrogens is 2. The van der Waals surface area contributed by atoms with Gasteiger partial charge < -0.3 is 15.1 Å². The van der Waals surface area contributed by atoms with Gasteiger partial charge in [0.15, 0.2) is 0 Å². The minimum absolute atomic E-state index is 0.0131. The number of fused-ring (bicyclic) bond motifs is 1. The largest absolute Gasteiger partial charge is 0.343 e. The Labute approximate surface area is 147 Å². The molecule has 1 N–H and O–H groups in total. The number of carbonyl (C=O) groups excluding carboxylic acids is 2. The number of nitrogens with one attached hydrogen (secondary N) is 1. The number of amides is 2. The van der Waals surface area contributed by atoms with Gasteiger partial charge in [-0.25, -0.2) is 9.97 Å². The number of hydrogen-bond acceptors (Lipinski definition) is 5. The van der Waals surface area contributed by atoms with E-state index in [1.807, 2.05) is 20.9 Å². The SMILES string of the molecule is Cc1nc2ccc(C(=O)NCC(=O)N3CCN(C)CC3)cc2nc1C. The summed E-state index contributed by atoms with van der Waals surface area (Å²) < 4.78 is 0. The van der Waals surface area contributed by atoms with E-state index in [1.54, 1.807) is 23.1 Å². The highest BCUT2D eigenvalue weighted by Crippen LogP contribution is 2.14. The summed E-state index contributed by atoms with van der Waals surface area (Å²) in [6, 6.07) is 5.21. The van der Waals surface area contributed by atoms with Crippen LogP contribution in [0, 0.1) is 13.8 Å². The lowest BCUT2D eigenvalue weighted by atomic mass is 10.1. The van der Waals surface area contributed by atoms with Crippen molar-refractivity contribution in [2.75, 3.05) is 39.8 Å². The molecule has 0 radical (unpaired) electrons. The lowest BCUT2D eigenvalue weighted by Crippen LogP contribution is -2.50. The van der Waals surface area contributed by atoms with Gasteiger partial charge in [0.25, 0.3) is 5.91 Å². The van der Waals surface area contributed by atoms with Crippen molar-refractivity contribution in [2.24, 2.45) is 0 Å². The Morgan fingerprint density at radius 3 is 2.36 bits per heavy atom. The summed E-state index contributed by atoms with van der Waals surface area (Å²) in [6.07, 6.45) is 0. The summed E-state index contributed by atoms with van der Waals surface area (Å²) in [7, 11) is 2.04. The van der Waals surface area contributed by atoms with Gasteiger partial charge in [0, 0.05) is 31.7 Å². The zero-order valence-electron chi connectivity index (χ0n) is 14.9. The fraction of sp³-hybridized carbons (Fsp3) is 0.444.